The molecule has 3 aromatic rings. The summed E-state index contributed by atoms with van der Waals surface area (Å²) in [5, 5.41) is 13.9. The van der Waals surface area contributed by atoms with Gasteiger partial charge < -0.3 is 9.72 Å². The zero-order valence-corrected chi connectivity index (χ0v) is 20.8. The lowest BCUT2D eigenvalue weighted by Gasteiger charge is -2.28. The maximum atomic E-state index is 12.9. The molecule has 0 bridgehead atoms. The van der Waals surface area contributed by atoms with Gasteiger partial charge in [-0.1, -0.05) is 30.9 Å². The van der Waals surface area contributed by atoms with E-state index in [9.17, 15) is 4.79 Å². The summed E-state index contributed by atoms with van der Waals surface area (Å²) in [4.78, 5) is 20.8. The van der Waals surface area contributed by atoms with Gasteiger partial charge in [-0.15, -0.1) is 5.10 Å². The smallest absolute Gasteiger partial charge is 0.252 e. The van der Waals surface area contributed by atoms with Crippen molar-refractivity contribution in [3.05, 3.63) is 51.6 Å². The lowest BCUT2D eigenvalue weighted by atomic mass is 9.95. The van der Waals surface area contributed by atoms with Crippen LogP contribution in [0.15, 0.2) is 29.1 Å². The Morgan fingerprint density at radius 1 is 1.11 bits per heavy atom. The predicted octanol–water partition coefficient (Wildman–Crippen LogP) is 3.05. The molecule has 1 aliphatic heterocycles. The molecule has 0 atom stereocenters. The Hall–Kier alpha value is -2.62. The normalized spacial score (nSPS) is 18.0. The SMILES string of the molecule is Cc1ccc2[nH]c(=O)c(CN(CCCN3CCOCC3)Cc3nnnn3C3CCCCC3)cc2c1. The van der Waals surface area contributed by atoms with Gasteiger partial charge in [-0.05, 0) is 66.7 Å². The van der Waals surface area contributed by atoms with Crippen LogP contribution in [0.25, 0.3) is 10.9 Å². The standard InChI is InChI=1S/C26H37N7O2/c1-20-8-9-24-21(16-20)17-22(26(34)27-24)18-32(11-5-10-31-12-14-35-15-13-31)19-25-28-29-30-33(25)23-6-3-2-4-7-23/h8-9,16-17,23H,2-7,10-15,18-19H2,1H3,(H,27,34). The number of hydrogen-bond acceptors (Lipinski definition) is 7. The van der Waals surface area contributed by atoms with Gasteiger partial charge in [0.2, 0.25) is 0 Å². The van der Waals surface area contributed by atoms with Crippen LogP contribution >= 0.6 is 0 Å². The van der Waals surface area contributed by atoms with Crippen LogP contribution < -0.4 is 5.56 Å². The van der Waals surface area contributed by atoms with E-state index in [0.717, 1.165) is 80.9 Å². The van der Waals surface area contributed by atoms with Crippen molar-refractivity contribution in [3.63, 3.8) is 0 Å². The van der Waals surface area contributed by atoms with E-state index in [1.807, 2.05) is 22.9 Å². The lowest BCUT2D eigenvalue weighted by Crippen LogP contribution is -2.38. The molecule has 2 fully saturated rings. The lowest BCUT2D eigenvalue weighted by molar-refractivity contribution is 0.0358. The number of aromatic amines is 1. The fraction of sp³-hybridized carbons (Fsp3) is 0.615. The fourth-order valence-corrected chi connectivity index (χ4v) is 5.41. The summed E-state index contributed by atoms with van der Waals surface area (Å²) < 4.78 is 7.53. The maximum Gasteiger partial charge on any atom is 0.252 e. The zero-order chi connectivity index (χ0) is 24.0. The van der Waals surface area contributed by atoms with Crippen molar-refractivity contribution < 1.29 is 4.74 Å². The average Bonchev–Trinajstić information content (AvgIpc) is 3.34. The summed E-state index contributed by atoms with van der Waals surface area (Å²) in [7, 11) is 0. The molecule has 1 saturated carbocycles. The van der Waals surface area contributed by atoms with Crippen molar-refractivity contribution in [1.82, 2.24) is 35.0 Å². The molecule has 9 heteroatoms. The Kier molecular flexibility index (Phi) is 7.85. The second kappa shape index (κ2) is 11.4. The van der Waals surface area contributed by atoms with E-state index < -0.39 is 0 Å². The van der Waals surface area contributed by atoms with E-state index in [4.69, 9.17) is 4.74 Å². The van der Waals surface area contributed by atoms with Gasteiger partial charge in [0.15, 0.2) is 5.82 Å². The van der Waals surface area contributed by atoms with Crippen LogP contribution in [0.3, 0.4) is 0 Å². The van der Waals surface area contributed by atoms with Crippen LogP contribution in [-0.2, 0) is 17.8 Å². The number of aromatic nitrogens is 5. The molecular formula is C26H37N7O2. The topological polar surface area (TPSA) is 92.2 Å². The first kappa shape index (κ1) is 24.1. The number of benzene rings is 1. The van der Waals surface area contributed by atoms with Crippen LogP contribution in [0.4, 0.5) is 0 Å². The molecule has 2 aromatic heterocycles. The summed E-state index contributed by atoms with van der Waals surface area (Å²) in [6.07, 6.45) is 7.07. The highest BCUT2D eigenvalue weighted by molar-refractivity contribution is 5.79. The van der Waals surface area contributed by atoms with Crippen LogP contribution in [0.1, 0.15) is 61.5 Å². The second-order valence-electron chi connectivity index (χ2n) is 10.1. The van der Waals surface area contributed by atoms with Gasteiger partial charge >= 0.3 is 0 Å². The van der Waals surface area contributed by atoms with E-state index >= 15 is 0 Å². The Labute approximate surface area is 206 Å². The summed E-state index contributed by atoms with van der Waals surface area (Å²) in [6, 6.07) is 8.56. The molecule has 2 aliphatic rings. The number of fused-ring (bicyclic) bond motifs is 1. The summed E-state index contributed by atoms with van der Waals surface area (Å²) in [6.45, 7) is 8.79. The average molecular weight is 480 g/mol. The van der Waals surface area contributed by atoms with E-state index in [0.29, 0.717) is 19.1 Å². The number of aryl methyl sites for hydroxylation is 1. The predicted molar refractivity (Wildman–Crippen MR) is 135 cm³/mol. The minimum Gasteiger partial charge on any atom is -0.379 e. The largest absolute Gasteiger partial charge is 0.379 e. The highest BCUT2D eigenvalue weighted by Gasteiger charge is 2.22. The molecule has 1 aromatic carbocycles. The monoisotopic (exact) mass is 479 g/mol. The van der Waals surface area contributed by atoms with E-state index in [2.05, 4.69) is 43.3 Å². The number of nitrogens with zero attached hydrogens (tertiary/aromatic N) is 6. The minimum absolute atomic E-state index is 0.0218. The van der Waals surface area contributed by atoms with Crippen LogP contribution in [-0.4, -0.2) is 74.4 Å². The first-order chi connectivity index (χ1) is 17.2. The summed E-state index contributed by atoms with van der Waals surface area (Å²) >= 11 is 0. The van der Waals surface area contributed by atoms with Crippen molar-refractivity contribution in [3.8, 4) is 0 Å². The molecule has 0 amide bonds. The molecular weight excluding hydrogens is 442 g/mol. The highest BCUT2D eigenvalue weighted by Crippen LogP contribution is 2.28. The maximum absolute atomic E-state index is 12.9. The van der Waals surface area contributed by atoms with Gasteiger partial charge in [0.05, 0.1) is 25.8 Å². The summed E-state index contributed by atoms with van der Waals surface area (Å²) in [5.41, 5.74) is 2.83. The number of morpholine rings is 1. The third kappa shape index (κ3) is 6.15. The number of H-pyrrole nitrogens is 1. The quantitative estimate of drug-likeness (QED) is 0.504. The van der Waals surface area contributed by atoms with Crippen LogP contribution in [0, 0.1) is 6.92 Å². The van der Waals surface area contributed by atoms with Crippen molar-refractivity contribution >= 4 is 10.9 Å². The number of ether oxygens (including phenoxy) is 1. The summed E-state index contributed by atoms with van der Waals surface area (Å²) in [5.74, 6) is 0.899. The van der Waals surface area contributed by atoms with Crippen molar-refractivity contribution in [2.75, 3.05) is 39.4 Å². The molecule has 5 rings (SSSR count). The number of rotatable bonds is 9. The second-order valence-corrected chi connectivity index (χ2v) is 10.1. The molecule has 9 nitrogen and oxygen atoms in total. The minimum atomic E-state index is -0.0218. The van der Waals surface area contributed by atoms with Crippen LogP contribution in [0.5, 0.6) is 0 Å². The van der Waals surface area contributed by atoms with Gasteiger partial charge in [-0.25, -0.2) is 4.68 Å². The molecule has 1 aliphatic carbocycles. The Morgan fingerprint density at radius 3 is 2.77 bits per heavy atom. The highest BCUT2D eigenvalue weighted by atomic mass is 16.5. The molecule has 1 saturated heterocycles. The van der Waals surface area contributed by atoms with Gasteiger partial charge in [0, 0.05) is 37.3 Å². The van der Waals surface area contributed by atoms with Gasteiger partial charge in [0.25, 0.3) is 5.56 Å². The van der Waals surface area contributed by atoms with Gasteiger partial charge in [-0.2, -0.15) is 0 Å². The Morgan fingerprint density at radius 2 is 1.94 bits per heavy atom. The molecule has 3 heterocycles. The third-order valence-corrected chi connectivity index (χ3v) is 7.37. The zero-order valence-electron chi connectivity index (χ0n) is 20.8. The van der Waals surface area contributed by atoms with Crippen molar-refractivity contribution in [2.24, 2.45) is 0 Å². The number of hydrogen-bond donors (Lipinski definition) is 1. The Balaban J connectivity index is 1.34. The fourth-order valence-electron chi connectivity index (χ4n) is 5.41. The van der Waals surface area contributed by atoms with Gasteiger partial charge in [0.1, 0.15) is 0 Å². The van der Waals surface area contributed by atoms with E-state index in [1.165, 1.54) is 24.8 Å². The third-order valence-electron chi connectivity index (χ3n) is 7.37. The first-order valence-electron chi connectivity index (χ1n) is 13.1. The molecule has 0 unspecified atom stereocenters. The number of pyridine rings is 1. The number of tetrazole rings is 1. The molecule has 1 N–H and O–H groups in total. The molecule has 0 radical (unpaired) electrons. The van der Waals surface area contributed by atoms with E-state index in [-0.39, 0.29) is 5.56 Å². The van der Waals surface area contributed by atoms with Crippen molar-refractivity contribution in [2.45, 2.75) is 64.6 Å². The molecule has 0 spiro atoms. The Bertz CT molecular complexity index is 1160. The van der Waals surface area contributed by atoms with Crippen molar-refractivity contribution in [1.29, 1.82) is 0 Å². The number of nitrogens with one attached hydrogen (secondary N) is 1. The molecule has 188 valence electrons. The van der Waals surface area contributed by atoms with Crippen LogP contribution in [0.2, 0.25) is 0 Å². The first-order valence-corrected chi connectivity index (χ1v) is 13.1. The molecule has 35 heavy (non-hydrogen) atoms. The van der Waals surface area contributed by atoms with Gasteiger partial charge in [-0.3, -0.25) is 14.6 Å². The van der Waals surface area contributed by atoms with E-state index in [1.54, 1.807) is 0 Å².